The number of aromatic nitrogens is 4. The van der Waals surface area contributed by atoms with E-state index in [2.05, 4.69) is 16.7 Å². The molecule has 1 saturated heterocycles. The Morgan fingerprint density at radius 3 is 2.09 bits per heavy atom. The van der Waals surface area contributed by atoms with E-state index in [0.29, 0.717) is 73.7 Å². The highest BCUT2D eigenvalue weighted by Crippen LogP contribution is 2.33. The fourth-order valence-corrected chi connectivity index (χ4v) is 6.49. The molecule has 5 rings (SSSR count). The molecule has 1 aliphatic rings. The second-order valence-corrected chi connectivity index (χ2v) is 14.4. The average molecular weight is 734 g/mol. The maximum Gasteiger partial charge on any atom is 0.410 e. The number of anilines is 1. The number of amides is 1. The van der Waals surface area contributed by atoms with E-state index in [1.165, 1.54) is 0 Å². The van der Waals surface area contributed by atoms with Crippen molar-refractivity contribution in [3.8, 4) is 29.0 Å². The van der Waals surface area contributed by atoms with Crippen LogP contribution in [0.15, 0.2) is 42.6 Å². The summed E-state index contributed by atoms with van der Waals surface area (Å²) in [5.74, 6) is 3.33. The zero-order valence-corrected chi connectivity index (χ0v) is 32.8. The molecule has 4 aromatic rings. The van der Waals surface area contributed by atoms with E-state index in [9.17, 15) is 4.79 Å². The summed E-state index contributed by atoms with van der Waals surface area (Å²) in [6.45, 7) is 15.1. The Bertz CT molecular complexity index is 1790. The van der Waals surface area contributed by atoms with Gasteiger partial charge in [0.25, 0.3) is 0 Å². The van der Waals surface area contributed by atoms with Crippen molar-refractivity contribution >= 4 is 17.6 Å². The molecule has 0 spiro atoms. The Labute approximate surface area is 312 Å². The highest BCUT2D eigenvalue weighted by atomic mass is 16.6. The fourth-order valence-electron chi connectivity index (χ4n) is 6.49. The van der Waals surface area contributed by atoms with Crippen LogP contribution in [0.3, 0.4) is 0 Å². The third-order valence-corrected chi connectivity index (χ3v) is 9.13. The fraction of sp³-hybridized carbons (Fsp3) is 0.538. The summed E-state index contributed by atoms with van der Waals surface area (Å²) in [7, 11) is 6.56. The molecular weight excluding hydrogens is 678 g/mol. The number of hydrogen-bond donors (Lipinski definition) is 0. The van der Waals surface area contributed by atoms with Gasteiger partial charge in [-0.25, -0.2) is 14.3 Å². The van der Waals surface area contributed by atoms with Gasteiger partial charge in [0.1, 0.15) is 28.6 Å². The Balaban J connectivity index is 1.55. The maximum absolute atomic E-state index is 12.9. The second-order valence-electron chi connectivity index (χ2n) is 14.4. The van der Waals surface area contributed by atoms with Crippen LogP contribution in [0.2, 0.25) is 0 Å². The number of piperazine rings is 1. The van der Waals surface area contributed by atoms with Crippen molar-refractivity contribution in [1.82, 2.24) is 29.4 Å². The molecule has 1 unspecified atom stereocenters. The summed E-state index contributed by atoms with van der Waals surface area (Å²) in [4.78, 5) is 29.1. The smallest absolute Gasteiger partial charge is 0.410 e. The molecule has 0 radical (unpaired) electrons. The van der Waals surface area contributed by atoms with Gasteiger partial charge in [0.2, 0.25) is 0 Å². The molecule has 1 aliphatic heterocycles. The molecule has 288 valence electrons. The molecule has 0 saturated carbocycles. The van der Waals surface area contributed by atoms with Gasteiger partial charge in [-0.15, -0.1) is 5.10 Å². The van der Waals surface area contributed by atoms with Gasteiger partial charge in [0.05, 0.1) is 46.4 Å². The van der Waals surface area contributed by atoms with Crippen LogP contribution in [0.4, 0.5) is 10.6 Å². The molecule has 0 N–H and O–H groups in total. The number of methoxy groups -OCH3 is 4. The zero-order chi connectivity index (χ0) is 38.3. The quantitative estimate of drug-likeness (QED) is 0.135. The van der Waals surface area contributed by atoms with E-state index >= 15 is 0 Å². The number of carbonyl (C=O) groups excluding carboxylic acids is 1. The first-order chi connectivity index (χ1) is 25.4. The van der Waals surface area contributed by atoms with Crippen LogP contribution in [-0.2, 0) is 24.4 Å². The zero-order valence-electron chi connectivity index (χ0n) is 32.8. The Kier molecular flexibility index (Phi) is 12.8. The SMILES string of the molecule is CCCC(C)Oc1nc(N(Cc2ccc(OC)cc2OC)Cc2ccc(OC)cc2OC)c2ncc(CN3CCN(C(=O)OC(C)(C)C)[C@H](C)C3)n2n1. The van der Waals surface area contributed by atoms with E-state index in [4.69, 9.17) is 43.5 Å². The molecule has 1 fully saturated rings. The minimum Gasteiger partial charge on any atom is -0.497 e. The Hall–Kier alpha value is -4.98. The monoisotopic (exact) mass is 733 g/mol. The molecule has 0 bridgehead atoms. The topological polar surface area (TPSA) is 125 Å². The van der Waals surface area contributed by atoms with Crippen molar-refractivity contribution in [3.63, 3.8) is 0 Å². The van der Waals surface area contributed by atoms with Crippen LogP contribution in [0.5, 0.6) is 29.0 Å². The van der Waals surface area contributed by atoms with Crippen LogP contribution in [0, 0.1) is 0 Å². The van der Waals surface area contributed by atoms with Gasteiger partial charge >= 0.3 is 12.1 Å². The number of rotatable bonds is 15. The average Bonchev–Trinajstić information content (AvgIpc) is 3.52. The number of benzene rings is 2. The summed E-state index contributed by atoms with van der Waals surface area (Å²) in [6.07, 6.45) is 3.26. The van der Waals surface area contributed by atoms with Gasteiger partial charge in [-0.3, -0.25) is 4.90 Å². The van der Waals surface area contributed by atoms with Crippen LogP contribution in [-0.4, -0.2) is 101 Å². The summed E-state index contributed by atoms with van der Waals surface area (Å²) in [5, 5.41) is 4.90. The lowest BCUT2D eigenvalue weighted by atomic mass is 10.1. The minimum atomic E-state index is -0.554. The maximum atomic E-state index is 12.9. The summed E-state index contributed by atoms with van der Waals surface area (Å²) < 4.78 is 36.5. The van der Waals surface area contributed by atoms with Gasteiger partial charge in [-0.05, 0) is 65.3 Å². The van der Waals surface area contributed by atoms with Crippen LogP contribution >= 0.6 is 0 Å². The molecule has 1 amide bonds. The van der Waals surface area contributed by atoms with Crippen molar-refractivity contribution in [2.45, 2.75) is 91.8 Å². The first-order valence-corrected chi connectivity index (χ1v) is 18.2. The van der Waals surface area contributed by atoms with Crippen molar-refractivity contribution in [2.24, 2.45) is 0 Å². The predicted octanol–water partition coefficient (Wildman–Crippen LogP) is 6.37. The van der Waals surface area contributed by atoms with Crippen LogP contribution < -0.4 is 28.6 Å². The van der Waals surface area contributed by atoms with E-state index in [0.717, 1.165) is 29.7 Å². The van der Waals surface area contributed by atoms with Gasteiger partial charge in [-0.1, -0.05) is 13.3 Å². The van der Waals surface area contributed by atoms with E-state index in [-0.39, 0.29) is 24.2 Å². The largest absolute Gasteiger partial charge is 0.497 e. The highest BCUT2D eigenvalue weighted by molar-refractivity contribution is 5.69. The number of nitrogens with zero attached hydrogens (tertiary/aromatic N) is 7. The summed E-state index contributed by atoms with van der Waals surface area (Å²) >= 11 is 0. The third-order valence-electron chi connectivity index (χ3n) is 9.13. The van der Waals surface area contributed by atoms with Crippen molar-refractivity contribution in [3.05, 3.63) is 59.4 Å². The number of fused-ring (bicyclic) bond motifs is 1. The molecule has 14 nitrogen and oxygen atoms in total. The van der Waals surface area contributed by atoms with Gasteiger partial charge in [0.15, 0.2) is 11.5 Å². The highest BCUT2D eigenvalue weighted by Gasteiger charge is 2.32. The first-order valence-electron chi connectivity index (χ1n) is 18.2. The Morgan fingerprint density at radius 1 is 0.943 bits per heavy atom. The van der Waals surface area contributed by atoms with E-state index in [1.54, 1.807) is 33.3 Å². The summed E-state index contributed by atoms with van der Waals surface area (Å²) in [5.41, 5.74) is 2.74. The molecular formula is C39H55N7O7. The lowest BCUT2D eigenvalue weighted by molar-refractivity contribution is 0.000354. The molecule has 0 aliphatic carbocycles. The van der Waals surface area contributed by atoms with E-state index in [1.807, 2.05) is 81.7 Å². The normalized spacial score (nSPS) is 15.6. The van der Waals surface area contributed by atoms with Gasteiger partial charge in [-0.2, -0.15) is 4.98 Å². The van der Waals surface area contributed by atoms with Gasteiger partial charge in [0, 0.05) is 68.6 Å². The third kappa shape index (κ3) is 9.72. The molecule has 2 aromatic carbocycles. The molecule has 14 heteroatoms. The lowest BCUT2D eigenvalue weighted by Crippen LogP contribution is -2.54. The standard InChI is InChI=1S/C39H55N7O7/c1-11-12-27(3)52-37-41-36(35-40-21-30(46(35)42-37)25-43-17-18-45(26(2)22-43)38(47)53-39(4,5)6)44(23-28-13-15-31(48-7)19-33(28)50-9)24-29-14-16-32(49-8)20-34(29)51-10/h13-16,19-21,26-27H,11-12,17-18,22-25H2,1-10H3/t26-,27?/m1/s1. The number of imidazole rings is 1. The number of ether oxygens (including phenoxy) is 6. The predicted molar refractivity (Wildman–Crippen MR) is 202 cm³/mol. The van der Waals surface area contributed by atoms with E-state index < -0.39 is 5.60 Å². The van der Waals surface area contributed by atoms with Crippen molar-refractivity contribution in [2.75, 3.05) is 53.0 Å². The molecule has 2 atom stereocenters. The number of hydrogen-bond acceptors (Lipinski definition) is 12. The lowest BCUT2D eigenvalue weighted by Gasteiger charge is -2.40. The molecule has 53 heavy (non-hydrogen) atoms. The summed E-state index contributed by atoms with van der Waals surface area (Å²) in [6, 6.07) is 11.8. The molecule has 2 aromatic heterocycles. The Morgan fingerprint density at radius 2 is 1.57 bits per heavy atom. The van der Waals surface area contributed by atoms with Gasteiger partial charge < -0.3 is 38.2 Å². The molecule has 3 heterocycles. The number of carbonyl (C=O) groups is 1. The van der Waals surface area contributed by atoms with Crippen LogP contribution in [0.25, 0.3) is 5.65 Å². The van der Waals surface area contributed by atoms with Crippen LogP contribution in [0.1, 0.15) is 71.2 Å². The minimum absolute atomic E-state index is 0.0359. The second kappa shape index (κ2) is 17.2. The van der Waals surface area contributed by atoms with Crippen molar-refractivity contribution in [1.29, 1.82) is 0 Å². The van der Waals surface area contributed by atoms with Crippen molar-refractivity contribution < 1.29 is 33.2 Å². The first kappa shape index (κ1) is 39.2.